The number of rotatable bonds is 6. The molecule has 3 aromatic rings. The van der Waals surface area contributed by atoms with E-state index in [1.165, 1.54) is 17.5 Å². The fourth-order valence-corrected chi connectivity index (χ4v) is 3.33. The monoisotopic (exact) mass is 398 g/mol. The molecule has 0 saturated carbocycles. The van der Waals surface area contributed by atoms with Gasteiger partial charge in [0.2, 0.25) is 0 Å². The van der Waals surface area contributed by atoms with Crippen molar-refractivity contribution in [1.29, 1.82) is 0 Å². The molecule has 0 aliphatic rings. The third-order valence-electron chi connectivity index (χ3n) is 3.62. The topological polar surface area (TPSA) is 88.5 Å². The largest absolute Gasteiger partial charge is 0.482 e. The fraction of sp³-hybridized carbons (Fsp3) is 0.190. The van der Waals surface area contributed by atoms with Crippen molar-refractivity contribution in [1.82, 2.24) is 4.98 Å². The molecule has 2 heterocycles. The number of nitrogens with zero attached hydrogens (tertiary/aromatic N) is 1. The molecule has 0 aliphatic heterocycles. The SMILES string of the molecule is CC.Cc1ccc(-c2csc(NC(=O)COc3cccnc3)c2C(=O)O)cc1. The van der Waals surface area contributed by atoms with Crippen molar-refractivity contribution >= 4 is 28.2 Å². The number of pyridine rings is 1. The number of thiophene rings is 1. The minimum Gasteiger partial charge on any atom is -0.482 e. The van der Waals surface area contributed by atoms with Crippen LogP contribution >= 0.6 is 11.3 Å². The molecule has 7 heteroatoms. The third kappa shape index (κ3) is 5.40. The molecule has 0 spiro atoms. The number of carboxylic acid groups (broad SMARTS) is 1. The second-order valence-corrected chi connectivity index (χ2v) is 6.43. The van der Waals surface area contributed by atoms with Gasteiger partial charge in [-0.1, -0.05) is 43.7 Å². The van der Waals surface area contributed by atoms with Gasteiger partial charge in [-0.15, -0.1) is 11.3 Å². The Morgan fingerprint density at radius 3 is 2.50 bits per heavy atom. The maximum atomic E-state index is 12.1. The van der Waals surface area contributed by atoms with Gasteiger partial charge in [0, 0.05) is 17.1 Å². The summed E-state index contributed by atoms with van der Waals surface area (Å²) >= 11 is 1.17. The van der Waals surface area contributed by atoms with Gasteiger partial charge in [-0.2, -0.15) is 0 Å². The van der Waals surface area contributed by atoms with Crippen LogP contribution in [-0.4, -0.2) is 28.6 Å². The highest BCUT2D eigenvalue weighted by Crippen LogP contribution is 2.35. The van der Waals surface area contributed by atoms with Gasteiger partial charge in [-0.05, 0) is 24.6 Å². The van der Waals surface area contributed by atoms with Gasteiger partial charge in [0.15, 0.2) is 6.61 Å². The predicted octanol–water partition coefficient (Wildman–Crippen LogP) is 4.86. The van der Waals surface area contributed by atoms with Crippen LogP contribution in [0.15, 0.2) is 54.2 Å². The van der Waals surface area contributed by atoms with Crippen LogP contribution in [0.5, 0.6) is 5.75 Å². The number of amides is 1. The summed E-state index contributed by atoms with van der Waals surface area (Å²) in [6, 6.07) is 10.9. The molecular formula is C21H22N2O4S. The lowest BCUT2D eigenvalue weighted by Crippen LogP contribution is -2.20. The summed E-state index contributed by atoms with van der Waals surface area (Å²) in [6.45, 7) is 5.73. The number of hydrogen-bond donors (Lipinski definition) is 2. The minimum atomic E-state index is -1.09. The molecule has 146 valence electrons. The number of carboxylic acids is 1. The van der Waals surface area contributed by atoms with Gasteiger partial charge in [-0.3, -0.25) is 9.78 Å². The summed E-state index contributed by atoms with van der Waals surface area (Å²) in [7, 11) is 0. The molecule has 0 unspecified atom stereocenters. The van der Waals surface area contributed by atoms with E-state index in [0.717, 1.165) is 11.1 Å². The van der Waals surface area contributed by atoms with E-state index in [9.17, 15) is 14.7 Å². The summed E-state index contributed by atoms with van der Waals surface area (Å²) in [5.74, 6) is -1.06. The molecule has 0 aliphatic carbocycles. The molecule has 0 atom stereocenters. The Morgan fingerprint density at radius 2 is 1.89 bits per heavy atom. The molecule has 0 fully saturated rings. The van der Waals surface area contributed by atoms with E-state index in [4.69, 9.17) is 4.74 Å². The molecular weight excluding hydrogens is 376 g/mol. The average Bonchev–Trinajstić information content (AvgIpc) is 3.13. The Balaban J connectivity index is 0.00000136. The number of ether oxygens (including phenoxy) is 1. The number of aromatic carboxylic acids is 1. The number of hydrogen-bond acceptors (Lipinski definition) is 5. The first-order valence-corrected chi connectivity index (χ1v) is 9.67. The zero-order valence-electron chi connectivity index (χ0n) is 15.9. The number of nitrogens with one attached hydrogen (secondary N) is 1. The summed E-state index contributed by atoms with van der Waals surface area (Å²) in [6.07, 6.45) is 3.10. The zero-order valence-corrected chi connectivity index (χ0v) is 16.7. The number of carbonyl (C=O) groups is 2. The van der Waals surface area contributed by atoms with E-state index < -0.39 is 11.9 Å². The van der Waals surface area contributed by atoms with E-state index in [1.807, 2.05) is 45.0 Å². The zero-order chi connectivity index (χ0) is 20.5. The second-order valence-electron chi connectivity index (χ2n) is 5.55. The number of aryl methyl sites for hydroxylation is 1. The van der Waals surface area contributed by atoms with Gasteiger partial charge in [0.05, 0.1) is 6.20 Å². The highest BCUT2D eigenvalue weighted by Gasteiger charge is 2.21. The van der Waals surface area contributed by atoms with Gasteiger partial charge >= 0.3 is 5.97 Å². The lowest BCUT2D eigenvalue weighted by Gasteiger charge is -2.07. The molecule has 1 aromatic carbocycles. The molecule has 0 saturated heterocycles. The van der Waals surface area contributed by atoms with Crippen molar-refractivity contribution in [3.05, 3.63) is 65.3 Å². The van der Waals surface area contributed by atoms with E-state index in [1.54, 1.807) is 23.7 Å². The molecule has 0 radical (unpaired) electrons. The minimum absolute atomic E-state index is 0.0774. The number of carbonyl (C=O) groups excluding carboxylic acids is 1. The molecule has 2 aromatic heterocycles. The van der Waals surface area contributed by atoms with Crippen molar-refractivity contribution in [2.45, 2.75) is 20.8 Å². The van der Waals surface area contributed by atoms with E-state index in [-0.39, 0.29) is 17.2 Å². The number of benzene rings is 1. The summed E-state index contributed by atoms with van der Waals surface area (Å²) < 4.78 is 5.33. The van der Waals surface area contributed by atoms with Crippen LogP contribution in [0.3, 0.4) is 0 Å². The number of anilines is 1. The van der Waals surface area contributed by atoms with Crippen molar-refractivity contribution in [3.63, 3.8) is 0 Å². The van der Waals surface area contributed by atoms with Crippen molar-refractivity contribution in [2.75, 3.05) is 11.9 Å². The quantitative estimate of drug-likeness (QED) is 0.619. The lowest BCUT2D eigenvalue weighted by atomic mass is 10.0. The van der Waals surface area contributed by atoms with Crippen LogP contribution in [0.25, 0.3) is 11.1 Å². The second kappa shape index (κ2) is 10.2. The van der Waals surface area contributed by atoms with E-state index in [2.05, 4.69) is 10.3 Å². The van der Waals surface area contributed by atoms with Crippen LogP contribution in [0.4, 0.5) is 5.00 Å². The Morgan fingerprint density at radius 1 is 1.18 bits per heavy atom. The van der Waals surface area contributed by atoms with Gasteiger partial charge in [0.25, 0.3) is 5.91 Å². The first kappa shape index (κ1) is 21.1. The standard InChI is InChI=1S/C19H16N2O4S.C2H6/c1-12-4-6-13(7-5-12)15-11-26-18(17(15)19(23)24)21-16(22)10-25-14-3-2-8-20-9-14;1-2/h2-9,11H,10H2,1H3,(H,21,22)(H,23,24);1-2H3. The Bertz CT molecular complexity index is 921. The number of aromatic nitrogens is 1. The fourth-order valence-electron chi connectivity index (χ4n) is 2.35. The van der Waals surface area contributed by atoms with Crippen LogP contribution in [0.1, 0.15) is 29.8 Å². The molecule has 0 bridgehead atoms. The smallest absolute Gasteiger partial charge is 0.339 e. The highest BCUT2D eigenvalue weighted by atomic mass is 32.1. The van der Waals surface area contributed by atoms with Gasteiger partial charge in [-0.25, -0.2) is 4.79 Å². The molecule has 3 rings (SSSR count). The first-order chi connectivity index (χ1) is 13.5. The van der Waals surface area contributed by atoms with Crippen LogP contribution in [0, 0.1) is 6.92 Å². The average molecular weight is 398 g/mol. The summed E-state index contributed by atoms with van der Waals surface area (Å²) in [5, 5.41) is 14.2. The van der Waals surface area contributed by atoms with Crippen molar-refractivity contribution < 1.29 is 19.4 Å². The van der Waals surface area contributed by atoms with Crippen molar-refractivity contribution in [3.8, 4) is 16.9 Å². The van der Waals surface area contributed by atoms with Gasteiger partial charge in [0.1, 0.15) is 16.3 Å². The summed E-state index contributed by atoms with van der Waals surface area (Å²) in [4.78, 5) is 27.7. The predicted molar refractivity (Wildman–Crippen MR) is 111 cm³/mol. The van der Waals surface area contributed by atoms with Crippen LogP contribution in [-0.2, 0) is 4.79 Å². The van der Waals surface area contributed by atoms with E-state index >= 15 is 0 Å². The van der Waals surface area contributed by atoms with Crippen LogP contribution < -0.4 is 10.1 Å². The molecule has 6 nitrogen and oxygen atoms in total. The first-order valence-electron chi connectivity index (χ1n) is 8.79. The van der Waals surface area contributed by atoms with Gasteiger partial charge < -0.3 is 15.2 Å². The normalized spacial score (nSPS) is 9.82. The third-order valence-corrected chi connectivity index (χ3v) is 4.52. The maximum absolute atomic E-state index is 12.1. The lowest BCUT2D eigenvalue weighted by molar-refractivity contribution is -0.118. The molecule has 28 heavy (non-hydrogen) atoms. The van der Waals surface area contributed by atoms with Crippen LogP contribution in [0.2, 0.25) is 0 Å². The van der Waals surface area contributed by atoms with Crippen molar-refractivity contribution in [2.24, 2.45) is 0 Å². The molecule has 2 N–H and O–H groups in total. The Kier molecular flexibility index (Phi) is 7.71. The van der Waals surface area contributed by atoms with E-state index in [0.29, 0.717) is 11.3 Å². The highest BCUT2D eigenvalue weighted by molar-refractivity contribution is 7.15. The Labute approximate surface area is 167 Å². The Hall–Kier alpha value is -3.19. The summed E-state index contributed by atoms with van der Waals surface area (Å²) in [5.41, 5.74) is 2.53. The maximum Gasteiger partial charge on any atom is 0.339 e. The molecule has 1 amide bonds.